The lowest BCUT2D eigenvalue weighted by Crippen LogP contribution is -2.20. The molecular weight excluding hydrogens is 418 g/mol. The number of methoxy groups -OCH3 is 1. The molecule has 0 N–H and O–H groups in total. The van der Waals surface area contributed by atoms with Gasteiger partial charge in [-0.1, -0.05) is 0 Å². The van der Waals surface area contributed by atoms with E-state index in [4.69, 9.17) is 14.5 Å². The highest BCUT2D eigenvalue weighted by Gasteiger charge is 2.19. The lowest BCUT2D eigenvalue weighted by atomic mass is 10.2. The Labute approximate surface area is 192 Å². The quantitative estimate of drug-likeness (QED) is 0.441. The molecular formula is C24H25N7O2. The first-order valence-corrected chi connectivity index (χ1v) is 10.9. The predicted octanol–water partition coefficient (Wildman–Crippen LogP) is 4.04. The Hall–Kier alpha value is -4.01. The highest BCUT2D eigenvalue weighted by atomic mass is 16.5. The van der Waals surface area contributed by atoms with E-state index in [2.05, 4.69) is 25.0 Å². The molecule has 9 nitrogen and oxygen atoms in total. The average molecular weight is 444 g/mol. The van der Waals surface area contributed by atoms with Crippen LogP contribution in [-0.4, -0.2) is 49.9 Å². The number of anilines is 1. The molecule has 4 aromatic heterocycles. The summed E-state index contributed by atoms with van der Waals surface area (Å²) < 4.78 is 13.4. The summed E-state index contributed by atoms with van der Waals surface area (Å²) in [6.45, 7) is 3.86. The summed E-state index contributed by atoms with van der Waals surface area (Å²) in [5.74, 6) is 2.56. The van der Waals surface area contributed by atoms with Gasteiger partial charge in [0, 0.05) is 50.4 Å². The van der Waals surface area contributed by atoms with E-state index in [1.54, 1.807) is 30.4 Å². The van der Waals surface area contributed by atoms with Crippen molar-refractivity contribution in [3.8, 4) is 39.9 Å². The molecule has 9 heteroatoms. The number of rotatable bonds is 6. The van der Waals surface area contributed by atoms with Gasteiger partial charge in [0.15, 0.2) is 0 Å². The number of hydrogen-bond acceptors (Lipinski definition) is 8. The molecule has 0 aromatic carbocycles. The van der Waals surface area contributed by atoms with Crippen molar-refractivity contribution in [3.05, 3.63) is 54.7 Å². The van der Waals surface area contributed by atoms with E-state index in [1.807, 2.05) is 44.4 Å². The largest absolute Gasteiger partial charge is 0.480 e. The van der Waals surface area contributed by atoms with Gasteiger partial charge in [0.1, 0.15) is 11.5 Å². The second kappa shape index (κ2) is 8.85. The highest BCUT2D eigenvalue weighted by molar-refractivity contribution is 5.66. The van der Waals surface area contributed by atoms with Crippen LogP contribution < -0.4 is 14.4 Å². The number of ether oxygens (including phenoxy) is 2. The molecule has 168 valence electrons. The summed E-state index contributed by atoms with van der Waals surface area (Å²) in [5.41, 5.74) is 3.95. The molecule has 1 saturated heterocycles. The monoisotopic (exact) mass is 443 g/mol. The van der Waals surface area contributed by atoms with Gasteiger partial charge in [-0.25, -0.2) is 9.97 Å². The van der Waals surface area contributed by atoms with Crippen molar-refractivity contribution in [2.75, 3.05) is 25.1 Å². The van der Waals surface area contributed by atoms with Crippen LogP contribution in [0.3, 0.4) is 0 Å². The van der Waals surface area contributed by atoms with Gasteiger partial charge in [-0.3, -0.25) is 9.67 Å². The molecule has 5 heterocycles. The number of nitrogens with zero attached hydrogens (tertiary/aromatic N) is 7. The molecule has 0 aliphatic carbocycles. The second-order valence-electron chi connectivity index (χ2n) is 7.95. The highest BCUT2D eigenvalue weighted by Crippen LogP contribution is 2.32. The van der Waals surface area contributed by atoms with Crippen molar-refractivity contribution in [1.82, 2.24) is 29.7 Å². The summed E-state index contributed by atoms with van der Waals surface area (Å²) in [7, 11) is 3.49. The second-order valence-corrected chi connectivity index (χ2v) is 7.95. The minimum atomic E-state index is 0.516. The zero-order valence-electron chi connectivity index (χ0n) is 18.9. The van der Waals surface area contributed by atoms with E-state index in [9.17, 15) is 0 Å². The summed E-state index contributed by atoms with van der Waals surface area (Å²) >= 11 is 0. The van der Waals surface area contributed by atoms with Crippen LogP contribution in [0.2, 0.25) is 0 Å². The molecule has 0 bridgehead atoms. The molecule has 0 radical (unpaired) electrons. The molecule has 1 aliphatic rings. The fourth-order valence-corrected chi connectivity index (χ4v) is 3.88. The van der Waals surface area contributed by atoms with Crippen LogP contribution >= 0.6 is 0 Å². The van der Waals surface area contributed by atoms with Gasteiger partial charge in [0.05, 0.1) is 36.0 Å². The zero-order valence-corrected chi connectivity index (χ0v) is 18.9. The van der Waals surface area contributed by atoms with E-state index in [0.717, 1.165) is 54.1 Å². The smallest absolute Gasteiger partial charge is 0.228 e. The normalized spacial score (nSPS) is 13.4. The first-order chi connectivity index (χ1) is 16.1. The van der Waals surface area contributed by atoms with Crippen molar-refractivity contribution in [2.24, 2.45) is 7.05 Å². The maximum absolute atomic E-state index is 6.11. The molecule has 5 rings (SSSR count). The Morgan fingerprint density at radius 3 is 2.55 bits per heavy atom. The molecule has 4 aromatic rings. The fraction of sp³-hybridized carbons (Fsp3) is 0.292. The van der Waals surface area contributed by atoms with Gasteiger partial charge in [-0.2, -0.15) is 10.1 Å². The molecule has 0 saturated carbocycles. The Morgan fingerprint density at radius 2 is 1.82 bits per heavy atom. The average Bonchev–Trinajstić information content (AvgIpc) is 3.52. The van der Waals surface area contributed by atoms with Crippen molar-refractivity contribution in [2.45, 2.75) is 19.8 Å². The van der Waals surface area contributed by atoms with E-state index < -0.39 is 0 Å². The van der Waals surface area contributed by atoms with Crippen molar-refractivity contribution in [1.29, 1.82) is 0 Å². The van der Waals surface area contributed by atoms with Gasteiger partial charge in [-0.05, 0) is 38.0 Å². The first kappa shape index (κ1) is 20.9. The molecule has 0 spiro atoms. The number of aryl methyl sites for hydroxylation is 2. The lowest BCUT2D eigenvalue weighted by molar-refractivity contribution is 0.398. The Balaban J connectivity index is 1.39. The summed E-state index contributed by atoms with van der Waals surface area (Å²) in [5, 5.41) is 4.20. The zero-order chi connectivity index (χ0) is 22.8. The van der Waals surface area contributed by atoms with E-state index in [1.165, 1.54) is 0 Å². The third kappa shape index (κ3) is 4.34. The summed E-state index contributed by atoms with van der Waals surface area (Å²) in [6, 6.07) is 7.50. The molecule has 0 unspecified atom stereocenters. The number of hydrogen-bond donors (Lipinski definition) is 0. The van der Waals surface area contributed by atoms with Crippen molar-refractivity contribution in [3.63, 3.8) is 0 Å². The molecule has 0 atom stereocenters. The topological polar surface area (TPSA) is 91.1 Å². The van der Waals surface area contributed by atoms with Crippen LogP contribution in [0.4, 0.5) is 5.95 Å². The minimum Gasteiger partial charge on any atom is -0.480 e. The van der Waals surface area contributed by atoms with Crippen molar-refractivity contribution >= 4 is 5.95 Å². The molecule has 1 aliphatic heterocycles. The van der Waals surface area contributed by atoms with Gasteiger partial charge < -0.3 is 14.4 Å². The molecule has 1 fully saturated rings. The van der Waals surface area contributed by atoms with Crippen LogP contribution in [0, 0.1) is 6.92 Å². The van der Waals surface area contributed by atoms with Gasteiger partial charge in [-0.15, -0.1) is 0 Å². The van der Waals surface area contributed by atoms with E-state index in [0.29, 0.717) is 23.3 Å². The van der Waals surface area contributed by atoms with Crippen LogP contribution in [-0.2, 0) is 7.05 Å². The van der Waals surface area contributed by atoms with Crippen molar-refractivity contribution < 1.29 is 9.47 Å². The maximum Gasteiger partial charge on any atom is 0.228 e. The number of aromatic nitrogens is 6. The Kier molecular flexibility index (Phi) is 5.60. The first-order valence-electron chi connectivity index (χ1n) is 10.9. The minimum absolute atomic E-state index is 0.516. The predicted molar refractivity (Wildman–Crippen MR) is 125 cm³/mol. The van der Waals surface area contributed by atoms with Crippen LogP contribution in [0.5, 0.6) is 17.4 Å². The Bertz CT molecular complexity index is 1280. The van der Waals surface area contributed by atoms with E-state index >= 15 is 0 Å². The van der Waals surface area contributed by atoms with Crippen LogP contribution in [0.1, 0.15) is 18.5 Å². The fourth-order valence-electron chi connectivity index (χ4n) is 3.88. The molecule has 33 heavy (non-hydrogen) atoms. The summed E-state index contributed by atoms with van der Waals surface area (Å²) in [4.78, 5) is 20.5. The van der Waals surface area contributed by atoms with E-state index in [-0.39, 0.29) is 0 Å². The SMILES string of the molecule is COc1nc(N2CCCC2)ncc1-c1ccc(Oc2ccnc(-c3cnn(C)c3)c2)c(C)n1. The third-order valence-electron chi connectivity index (χ3n) is 5.60. The summed E-state index contributed by atoms with van der Waals surface area (Å²) in [6.07, 6.45) is 9.52. The Morgan fingerprint density at radius 1 is 0.970 bits per heavy atom. The van der Waals surface area contributed by atoms with Gasteiger partial charge in [0.25, 0.3) is 0 Å². The standard InChI is InChI=1S/C24H25N7O2/c1-16-22(33-18-8-9-25-21(12-18)17-13-27-30(2)15-17)7-6-20(28-16)19-14-26-24(29-23(19)32-3)31-10-4-5-11-31/h6-9,12-15H,4-5,10-11H2,1-3H3. The van der Waals surface area contributed by atoms with Gasteiger partial charge in [0.2, 0.25) is 11.8 Å². The number of pyridine rings is 2. The lowest BCUT2D eigenvalue weighted by Gasteiger charge is -2.17. The van der Waals surface area contributed by atoms with Crippen LogP contribution in [0.15, 0.2) is 49.1 Å². The third-order valence-corrected chi connectivity index (χ3v) is 5.60. The molecule has 0 amide bonds. The van der Waals surface area contributed by atoms with Crippen LogP contribution in [0.25, 0.3) is 22.5 Å². The maximum atomic E-state index is 6.11. The van der Waals surface area contributed by atoms with Gasteiger partial charge >= 0.3 is 0 Å².